The number of hydrogen-bond donors (Lipinski definition) is 0. The number of rotatable bonds is 2. The summed E-state index contributed by atoms with van der Waals surface area (Å²) in [6.07, 6.45) is 3.57. The lowest BCUT2D eigenvalue weighted by molar-refractivity contribution is -0.143. The Bertz CT molecular complexity index is 767. The standard InChI is InChI=1S/C19H23N3O3/c1-13(23)22-11-5-8-16(22)19(24)21-10-4-6-14(12-21)18-20-15-7-2-3-9-17(15)25-18/h2-3,7,9,14,16H,4-6,8,10-12H2,1H3/t14-,16+/m1/s1. The van der Waals surface area contributed by atoms with Gasteiger partial charge in [0.25, 0.3) is 0 Å². The summed E-state index contributed by atoms with van der Waals surface area (Å²) in [6, 6.07) is 7.45. The molecule has 0 saturated carbocycles. The van der Waals surface area contributed by atoms with Crippen LogP contribution < -0.4 is 0 Å². The van der Waals surface area contributed by atoms with Crippen LogP contribution in [0.25, 0.3) is 11.1 Å². The molecule has 132 valence electrons. The van der Waals surface area contributed by atoms with Crippen LogP contribution in [0.4, 0.5) is 0 Å². The minimum Gasteiger partial charge on any atom is -0.440 e. The number of piperidine rings is 1. The van der Waals surface area contributed by atoms with Gasteiger partial charge in [-0.25, -0.2) is 4.98 Å². The van der Waals surface area contributed by atoms with Crippen molar-refractivity contribution in [3.63, 3.8) is 0 Å². The molecule has 0 bridgehead atoms. The minimum atomic E-state index is -0.292. The molecule has 0 N–H and O–H groups in total. The number of para-hydroxylation sites is 2. The highest BCUT2D eigenvalue weighted by Gasteiger charge is 2.37. The Labute approximate surface area is 146 Å². The van der Waals surface area contributed by atoms with E-state index in [1.54, 1.807) is 11.8 Å². The number of hydrogen-bond acceptors (Lipinski definition) is 4. The maximum atomic E-state index is 12.9. The zero-order chi connectivity index (χ0) is 17.4. The van der Waals surface area contributed by atoms with Crippen LogP contribution in [0.3, 0.4) is 0 Å². The van der Waals surface area contributed by atoms with E-state index in [0.717, 1.165) is 43.3 Å². The van der Waals surface area contributed by atoms with Crippen LogP contribution in [-0.2, 0) is 9.59 Å². The van der Waals surface area contributed by atoms with Gasteiger partial charge in [0.2, 0.25) is 11.8 Å². The number of fused-ring (bicyclic) bond motifs is 1. The molecule has 1 aromatic heterocycles. The lowest BCUT2D eigenvalue weighted by atomic mass is 9.97. The van der Waals surface area contributed by atoms with E-state index in [1.165, 1.54) is 0 Å². The van der Waals surface area contributed by atoms with E-state index in [-0.39, 0.29) is 23.8 Å². The first kappa shape index (κ1) is 16.1. The fourth-order valence-corrected chi connectivity index (χ4v) is 4.05. The summed E-state index contributed by atoms with van der Waals surface area (Å²) in [6.45, 7) is 3.60. The second kappa shape index (κ2) is 6.50. The van der Waals surface area contributed by atoms with Crippen molar-refractivity contribution >= 4 is 22.9 Å². The summed E-state index contributed by atoms with van der Waals surface area (Å²) >= 11 is 0. The molecule has 25 heavy (non-hydrogen) atoms. The molecular formula is C19H23N3O3. The molecule has 4 rings (SSSR count). The van der Waals surface area contributed by atoms with Gasteiger partial charge in [-0.3, -0.25) is 9.59 Å². The number of aromatic nitrogens is 1. The molecule has 2 aromatic rings. The van der Waals surface area contributed by atoms with Crippen LogP contribution in [0.15, 0.2) is 28.7 Å². The van der Waals surface area contributed by atoms with Crippen LogP contribution in [0, 0.1) is 0 Å². The first-order valence-electron chi connectivity index (χ1n) is 9.05. The van der Waals surface area contributed by atoms with E-state index in [4.69, 9.17) is 4.42 Å². The third kappa shape index (κ3) is 3.01. The highest BCUT2D eigenvalue weighted by Crippen LogP contribution is 2.30. The number of amides is 2. The molecule has 2 aliphatic rings. The van der Waals surface area contributed by atoms with Gasteiger partial charge in [-0.15, -0.1) is 0 Å². The molecule has 6 nitrogen and oxygen atoms in total. The smallest absolute Gasteiger partial charge is 0.245 e. The van der Waals surface area contributed by atoms with E-state index >= 15 is 0 Å². The Morgan fingerprint density at radius 1 is 1.16 bits per heavy atom. The number of nitrogens with zero attached hydrogens (tertiary/aromatic N) is 3. The maximum absolute atomic E-state index is 12.9. The highest BCUT2D eigenvalue weighted by atomic mass is 16.3. The van der Waals surface area contributed by atoms with Crippen molar-refractivity contribution in [2.75, 3.05) is 19.6 Å². The normalized spacial score (nSPS) is 24.0. The van der Waals surface area contributed by atoms with Gasteiger partial charge in [-0.05, 0) is 37.8 Å². The molecule has 0 unspecified atom stereocenters. The third-order valence-corrected chi connectivity index (χ3v) is 5.34. The number of carbonyl (C=O) groups excluding carboxylic acids is 2. The van der Waals surface area contributed by atoms with Crippen molar-refractivity contribution in [3.8, 4) is 0 Å². The Morgan fingerprint density at radius 2 is 1.96 bits per heavy atom. The van der Waals surface area contributed by atoms with E-state index in [0.29, 0.717) is 19.0 Å². The van der Waals surface area contributed by atoms with E-state index in [1.807, 2.05) is 29.2 Å². The predicted octanol–water partition coefficient (Wildman–Crippen LogP) is 2.54. The number of carbonyl (C=O) groups is 2. The zero-order valence-electron chi connectivity index (χ0n) is 14.5. The quantitative estimate of drug-likeness (QED) is 0.842. The summed E-state index contributed by atoms with van der Waals surface area (Å²) < 4.78 is 5.91. The largest absolute Gasteiger partial charge is 0.440 e. The van der Waals surface area contributed by atoms with Crippen molar-refractivity contribution in [1.29, 1.82) is 0 Å². The second-order valence-corrected chi connectivity index (χ2v) is 7.01. The van der Waals surface area contributed by atoms with Crippen molar-refractivity contribution in [2.24, 2.45) is 0 Å². The lowest BCUT2D eigenvalue weighted by Gasteiger charge is -2.35. The zero-order valence-corrected chi connectivity index (χ0v) is 14.5. The van der Waals surface area contributed by atoms with Crippen LogP contribution in [0.5, 0.6) is 0 Å². The van der Waals surface area contributed by atoms with Gasteiger partial charge < -0.3 is 14.2 Å². The average molecular weight is 341 g/mol. The van der Waals surface area contributed by atoms with Gasteiger partial charge in [-0.2, -0.15) is 0 Å². The van der Waals surface area contributed by atoms with E-state index in [9.17, 15) is 9.59 Å². The fourth-order valence-electron chi connectivity index (χ4n) is 4.05. The molecule has 1 aromatic carbocycles. The Kier molecular flexibility index (Phi) is 4.19. The lowest BCUT2D eigenvalue weighted by Crippen LogP contribution is -2.49. The average Bonchev–Trinajstić information content (AvgIpc) is 3.28. The number of oxazole rings is 1. The SMILES string of the molecule is CC(=O)N1CCC[C@H]1C(=O)N1CCC[C@@H](c2nc3ccccc3o2)C1. The number of benzene rings is 1. The van der Waals surface area contributed by atoms with Crippen molar-refractivity contribution < 1.29 is 14.0 Å². The van der Waals surface area contributed by atoms with Gasteiger partial charge in [0.15, 0.2) is 11.5 Å². The van der Waals surface area contributed by atoms with Crippen molar-refractivity contribution in [2.45, 2.75) is 44.6 Å². The van der Waals surface area contributed by atoms with Gasteiger partial charge in [0.05, 0.1) is 5.92 Å². The first-order chi connectivity index (χ1) is 12.1. The molecule has 2 amide bonds. The summed E-state index contributed by atoms with van der Waals surface area (Å²) in [5.74, 6) is 0.905. The second-order valence-electron chi connectivity index (χ2n) is 7.01. The van der Waals surface area contributed by atoms with Crippen LogP contribution in [0.2, 0.25) is 0 Å². The Balaban J connectivity index is 1.50. The summed E-state index contributed by atoms with van der Waals surface area (Å²) in [5, 5.41) is 0. The van der Waals surface area contributed by atoms with Crippen LogP contribution >= 0.6 is 0 Å². The Morgan fingerprint density at radius 3 is 2.76 bits per heavy atom. The van der Waals surface area contributed by atoms with Crippen LogP contribution in [-0.4, -0.2) is 52.3 Å². The molecular weight excluding hydrogens is 318 g/mol. The van der Waals surface area contributed by atoms with E-state index < -0.39 is 0 Å². The molecule has 0 aliphatic carbocycles. The number of likely N-dealkylation sites (tertiary alicyclic amines) is 2. The molecule has 2 fully saturated rings. The third-order valence-electron chi connectivity index (χ3n) is 5.34. The fraction of sp³-hybridized carbons (Fsp3) is 0.526. The molecule has 6 heteroatoms. The topological polar surface area (TPSA) is 66.7 Å². The van der Waals surface area contributed by atoms with Crippen LogP contribution in [0.1, 0.15) is 44.4 Å². The summed E-state index contributed by atoms with van der Waals surface area (Å²) in [4.78, 5) is 32.9. The molecule has 3 heterocycles. The maximum Gasteiger partial charge on any atom is 0.245 e. The molecule has 2 aliphatic heterocycles. The predicted molar refractivity (Wildman–Crippen MR) is 93.0 cm³/mol. The molecule has 0 radical (unpaired) electrons. The molecule has 2 saturated heterocycles. The van der Waals surface area contributed by atoms with E-state index in [2.05, 4.69) is 4.98 Å². The Hall–Kier alpha value is -2.37. The molecule has 2 atom stereocenters. The molecule has 0 spiro atoms. The summed E-state index contributed by atoms with van der Waals surface area (Å²) in [5.41, 5.74) is 1.65. The highest BCUT2D eigenvalue weighted by molar-refractivity contribution is 5.87. The van der Waals surface area contributed by atoms with Crippen molar-refractivity contribution in [3.05, 3.63) is 30.2 Å². The van der Waals surface area contributed by atoms with Crippen molar-refractivity contribution in [1.82, 2.24) is 14.8 Å². The minimum absolute atomic E-state index is 0.0108. The summed E-state index contributed by atoms with van der Waals surface area (Å²) in [7, 11) is 0. The van der Waals surface area contributed by atoms with Gasteiger partial charge in [0.1, 0.15) is 11.6 Å². The van der Waals surface area contributed by atoms with Gasteiger partial charge in [0, 0.05) is 26.6 Å². The first-order valence-corrected chi connectivity index (χ1v) is 9.05. The monoisotopic (exact) mass is 341 g/mol. The van der Waals surface area contributed by atoms with Gasteiger partial charge >= 0.3 is 0 Å². The van der Waals surface area contributed by atoms with Gasteiger partial charge in [-0.1, -0.05) is 12.1 Å².